The number of carbonyl (C=O) groups is 2. The average molecular weight is 620 g/mol. The third kappa shape index (κ3) is 7.80. The highest BCUT2D eigenvalue weighted by molar-refractivity contribution is 5.97. The third-order valence-corrected chi connectivity index (χ3v) is 7.83. The number of hydrogen-bond acceptors (Lipinski definition) is 7. The number of benzene rings is 3. The number of nitrogens with zero attached hydrogens (tertiary/aromatic N) is 4. The zero-order valence-corrected chi connectivity index (χ0v) is 25.6. The number of hydrogen-bond donors (Lipinski definition) is 3. The predicted molar refractivity (Wildman–Crippen MR) is 172 cm³/mol. The largest absolute Gasteiger partial charge is 0.494 e. The van der Waals surface area contributed by atoms with E-state index in [4.69, 9.17) is 9.47 Å². The first kappa shape index (κ1) is 30.6. The minimum Gasteiger partial charge on any atom is -0.494 e. The molecular weight excluding hydrogens is 582 g/mol. The van der Waals surface area contributed by atoms with Crippen LogP contribution in [0.25, 0.3) is 0 Å². The van der Waals surface area contributed by atoms with Crippen LogP contribution in [0.3, 0.4) is 0 Å². The van der Waals surface area contributed by atoms with Gasteiger partial charge in [0.05, 0.1) is 19.3 Å². The second kappa shape index (κ2) is 14.6. The van der Waals surface area contributed by atoms with Crippen LogP contribution in [0.15, 0.2) is 104 Å². The fourth-order valence-corrected chi connectivity index (χ4v) is 5.59. The van der Waals surface area contributed by atoms with Gasteiger partial charge in [-0.3, -0.25) is 14.5 Å². The summed E-state index contributed by atoms with van der Waals surface area (Å²) in [5.41, 5.74) is 3.62. The predicted octanol–water partition coefficient (Wildman–Crippen LogP) is 4.46. The molecule has 1 fully saturated rings. The monoisotopic (exact) mass is 619 g/mol. The number of H-pyrrole nitrogens is 2. The van der Waals surface area contributed by atoms with Crippen LogP contribution in [-0.4, -0.2) is 66.8 Å². The average Bonchev–Trinajstić information content (AvgIpc) is 3.78. The number of imidazole rings is 2. The van der Waals surface area contributed by atoms with Crippen molar-refractivity contribution in [1.82, 2.24) is 35.1 Å². The molecule has 3 heterocycles. The molecule has 1 saturated heterocycles. The van der Waals surface area contributed by atoms with Crippen LogP contribution in [0.1, 0.15) is 29.4 Å². The Bertz CT molecular complexity index is 1640. The molecule has 11 nitrogen and oxygen atoms in total. The fourth-order valence-electron chi connectivity index (χ4n) is 5.59. The number of carbonyl (C=O) groups excluding carboxylic acids is 2. The Balaban J connectivity index is 1.24. The highest BCUT2D eigenvalue weighted by Crippen LogP contribution is 2.24. The van der Waals surface area contributed by atoms with Crippen LogP contribution in [-0.2, 0) is 35.6 Å². The maximum absolute atomic E-state index is 14.2. The number of para-hydroxylation sites is 1. The molecule has 236 valence electrons. The molecule has 5 aromatic rings. The van der Waals surface area contributed by atoms with E-state index in [1.54, 1.807) is 29.9 Å². The maximum atomic E-state index is 14.2. The molecule has 1 aliphatic rings. The molecule has 11 heteroatoms. The molecule has 0 radical (unpaired) electrons. The summed E-state index contributed by atoms with van der Waals surface area (Å²) in [7, 11) is 0. The van der Waals surface area contributed by atoms with Crippen molar-refractivity contribution in [3.05, 3.63) is 126 Å². The summed E-state index contributed by atoms with van der Waals surface area (Å²) in [6, 6.07) is 23.4. The fraction of sp³-hybridized carbons (Fsp3) is 0.257. The first-order valence-corrected chi connectivity index (χ1v) is 15.4. The molecule has 46 heavy (non-hydrogen) atoms. The van der Waals surface area contributed by atoms with E-state index >= 15 is 0 Å². The van der Waals surface area contributed by atoms with Gasteiger partial charge in [-0.2, -0.15) is 0 Å². The topological polar surface area (TPSA) is 128 Å². The number of rotatable bonds is 14. The molecule has 0 aliphatic carbocycles. The molecule has 2 amide bonds. The van der Waals surface area contributed by atoms with E-state index in [0.717, 1.165) is 34.0 Å². The highest BCUT2D eigenvalue weighted by Gasteiger charge is 2.41. The molecule has 0 unspecified atom stereocenters. The quantitative estimate of drug-likeness (QED) is 0.167. The zero-order valence-electron chi connectivity index (χ0n) is 25.6. The lowest BCUT2D eigenvalue weighted by molar-refractivity contribution is -0.151. The zero-order chi connectivity index (χ0) is 31.7. The van der Waals surface area contributed by atoms with E-state index in [-0.39, 0.29) is 18.4 Å². The Labute approximate surface area is 267 Å². The minimum absolute atomic E-state index is 0.133. The van der Waals surface area contributed by atoms with E-state index in [1.807, 2.05) is 85.8 Å². The number of aromatic nitrogens is 4. The van der Waals surface area contributed by atoms with Crippen molar-refractivity contribution < 1.29 is 19.1 Å². The standard InChI is InChI=1S/C35H37N7O4/c1-2-45-29-12-8-25(9-13-29)16-32-35(44)42(19-26-10-14-31(15-11-26)46-30-6-4-3-5-7-30)33(34(43)40-32)22-41(20-27-17-36-23-38-27)21-28-18-37-24-39-28/h3-15,17-18,23-24,32-33H,2,16,19-22H2,1H3,(H,36,38)(H,37,39)(H,40,43)/t32-,33-/m0/s1. The summed E-state index contributed by atoms with van der Waals surface area (Å²) in [5, 5.41) is 3.03. The Morgan fingerprint density at radius 2 is 1.39 bits per heavy atom. The first-order chi connectivity index (χ1) is 22.5. The number of piperazine rings is 1. The van der Waals surface area contributed by atoms with Crippen LogP contribution >= 0.6 is 0 Å². The summed E-state index contributed by atoms with van der Waals surface area (Å²) in [5.74, 6) is 1.86. The number of nitrogens with one attached hydrogen (secondary N) is 3. The summed E-state index contributed by atoms with van der Waals surface area (Å²) in [6.07, 6.45) is 7.15. The SMILES string of the molecule is CCOc1ccc(C[C@@H]2NC(=O)[C@H](CN(Cc3cnc[nH]3)Cc3cnc[nH]3)N(Cc3ccc(Oc4ccccc4)cc3)C2=O)cc1. The Hall–Kier alpha value is -5.42. The molecule has 6 rings (SSSR count). The van der Waals surface area contributed by atoms with Crippen molar-refractivity contribution in [2.75, 3.05) is 13.2 Å². The van der Waals surface area contributed by atoms with Crippen LogP contribution in [0, 0.1) is 0 Å². The summed E-state index contributed by atoms with van der Waals surface area (Å²) >= 11 is 0. The van der Waals surface area contributed by atoms with E-state index in [2.05, 4.69) is 30.2 Å². The Morgan fingerprint density at radius 1 is 0.783 bits per heavy atom. The minimum atomic E-state index is -0.727. The molecule has 3 aromatic carbocycles. The van der Waals surface area contributed by atoms with Gasteiger partial charge < -0.3 is 29.7 Å². The third-order valence-electron chi connectivity index (χ3n) is 7.83. The van der Waals surface area contributed by atoms with Crippen molar-refractivity contribution in [3.8, 4) is 17.2 Å². The first-order valence-electron chi connectivity index (χ1n) is 15.4. The highest BCUT2D eigenvalue weighted by atomic mass is 16.5. The van der Waals surface area contributed by atoms with E-state index < -0.39 is 12.1 Å². The Kier molecular flexibility index (Phi) is 9.69. The summed E-state index contributed by atoms with van der Waals surface area (Å²) < 4.78 is 11.5. The molecule has 0 saturated carbocycles. The lowest BCUT2D eigenvalue weighted by Crippen LogP contribution is -2.65. The maximum Gasteiger partial charge on any atom is 0.246 e. The second-order valence-corrected chi connectivity index (χ2v) is 11.2. The number of aromatic amines is 2. The van der Waals surface area contributed by atoms with Crippen LogP contribution in [0.4, 0.5) is 0 Å². The van der Waals surface area contributed by atoms with Crippen molar-refractivity contribution in [2.24, 2.45) is 0 Å². The van der Waals surface area contributed by atoms with Gasteiger partial charge in [-0.1, -0.05) is 42.5 Å². The van der Waals surface area contributed by atoms with Gasteiger partial charge in [0.1, 0.15) is 29.3 Å². The molecule has 2 atom stereocenters. The van der Waals surface area contributed by atoms with Gasteiger partial charge in [0.25, 0.3) is 0 Å². The van der Waals surface area contributed by atoms with E-state index in [0.29, 0.717) is 38.4 Å². The molecule has 0 bridgehead atoms. The lowest BCUT2D eigenvalue weighted by Gasteiger charge is -2.41. The summed E-state index contributed by atoms with van der Waals surface area (Å²) in [6.45, 7) is 4.09. The smallest absolute Gasteiger partial charge is 0.246 e. The van der Waals surface area contributed by atoms with Gasteiger partial charge in [0.2, 0.25) is 11.8 Å². The normalized spacial score (nSPS) is 16.4. The molecule has 1 aliphatic heterocycles. The van der Waals surface area contributed by atoms with Crippen LogP contribution in [0.5, 0.6) is 17.2 Å². The van der Waals surface area contributed by atoms with Gasteiger partial charge in [-0.25, -0.2) is 9.97 Å². The van der Waals surface area contributed by atoms with Crippen molar-refractivity contribution >= 4 is 11.8 Å². The summed E-state index contributed by atoms with van der Waals surface area (Å²) in [4.78, 5) is 46.5. The molecule has 2 aromatic heterocycles. The molecule has 3 N–H and O–H groups in total. The van der Waals surface area contributed by atoms with Gasteiger partial charge in [-0.05, 0) is 54.4 Å². The van der Waals surface area contributed by atoms with Crippen LogP contribution < -0.4 is 14.8 Å². The van der Waals surface area contributed by atoms with Crippen molar-refractivity contribution in [1.29, 1.82) is 0 Å². The van der Waals surface area contributed by atoms with E-state index in [1.165, 1.54) is 0 Å². The van der Waals surface area contributed by atoms with E-state index in [9.17, 15) is 9.59 Å². The van der Waals surface area contributed by atoms with Gasteiger partial charge in [-0.15, -0.1) is 0 Å². The second-order valence-electron chi connectivity index (χ2n) is 11.2. The Morgan fingerprint density at radius 3 is 2.00 bits per heavy atom. The molecular formula is C35H37N7O4. The number of ether oxygens (including phenoxy) is 2. The van der Waals surface area contributed by atoms with Crippen LogP contribution in [0.2, 0.25) is 0 Å². The molecule has 0 spiro atoms. The van der Waals surface area contributed by atoms with Crippen molar-refractivity contribution in [3.63, 3.8) is 0 Å². The van der Waals surface area contributed by atoms with Gasteiger partial charge in [0, 0.05) is 56.4 Å². The van der Waals surface area contributed by atoms with Gasteiger partial charge >= 0.3 is 0 Å². The lowest BCUT2D eigenvalue weighted by atomic mass is 9.99. The van der Waals surface area contributed by atoms with Gasteiger partial charge in [0.15, 0.2) is 0 Å². The number of amides is 2. The van der Waals surface area contributed by atoms with Crippen molar-refractivity contribution in [2.45, 2.75) is 45.1 Å².